The van der Waals surface area contributed by atoms with Gasteiger partial charge in [-0.25, -0.2) is 13.1 Å². The molecule has 2 aromatic rings. The summed E-state index contributed by atoms with van der Waals surface area (Å²) in [5.74, 6) is 0.0232. The molecule has 0 heterocycles. The highest BCUT2D eigenvalue weighted by Gasteiger charge is 2.28. The Morgan fingerprint density at radius 2 is 1.83 bits per heavy atom. The maximum atomic E-state index is 12.6. The van der Waals surface area contributed by atoms with Gasteiger partial charge in [-0.05, 0) is 62.6 Å². The third-order valence-electron chi connectivity index (χ3n) is 4.43. The highest BCUT2D eigenvalue weighted by atomic mass is 32.2. The van der Waals surface area contributed by atoms with Crippen molar-refractivity contribution in [2.24, 2.45) is 0 Å². The monoisotopic (exact) mass is 418 g/mol. The Kier molecular flexibility index (Phi) is 6.56. The van der Waals surface area contributed by atoms with E-state index in [1.165, 1.54) is 25.3 Å². The number of carbonyl (C=O) groups excluding carboxylic acids is 1. The summed E-state index contributed by atoms with van der Waals surface area (Å²) in [5.41, 5.74) is 1.71. The summed E-state index contributed by atoms with van der Waals surface area (Å²) in [4.78, 5) is 12.7. The molecule has 156 valence electrons. The molecule has 7 nitrogen and oxygen atoms in total. The smallest absolute Gasteiger partial charge is 0.255 e. The fourth-order valence-corrected chi connectivity index (χ4v) is 3.98. The number of carbonyl (C=O) groups is 1. The van der Waals surface area contributed by atoms with Gasteiger partial charge in [0.05, 0.1) is 30.4 Å². The fourth-order valence-electron chi connectivity index (χ4n) is 2.65. The normalized spacial score (nSPS) is 14.1. The van der Waals surface area contributed by atoms with Gasteiger partial charge in [-0.3, -0.25) is 4.79 Å². The zero-order valence-electron chi connectivity index (χ0n) is 16.8. The van der Waals surface area contributed by atoms with Gasteiger partial charge >= 0.3 is 0 Å². The van der Waals surface area contributed by atoms with Crippen LogP contribution in [-0.2, 0) is 21.4 Å². The standard InChI is InChI=1S/C21H26N2O5S/c1-14(2)28-13-15-4-6-16(7-5-15)21(24)22-19-12-18(10-11-20(19)27-3)29(25,26)23-17-8-9-17/h4-7,10-12,14,17,23H,8-9,13H2,1-3H3,(H,22,24). The third kappa shape index (κ3) is 5.79. The zero-order chi connectivity index (χ0) is 21.0. The van der Waals surface area contributed by atoms with E-state index >= 15 is 0 Å². The first-order chi connectivity index (χ1) is 13.8. The summed E-state index contributed by atoms with van der Waals surface area (Å²) in [7, 11) is -2.17. The van der Waals surface area contributed by atoms with E-state index in [4.69, 9.17) is 9.47 Å². The number of nitrogens with one attached hydrogen (secondary N) is 2. The molecule has 1 fully saturated rings. The Hall–Kier alpha value is -2.42. The van der Waals surface area contributed by atoms with Crippen LogP contribution >= 0.6 is 0 Å². The van der Waals surface area contributed by atoms with Crippen molar-refractivity contribution < 1.29 is 22.7 Å². The first-order valence-electron chi connectivity index (χ1n) is 9.51. The Balaban J connectivity index is 1.75. The molecule has 0 aromatic heterocycles. The molecule has 29 heavy (non-hydrogen) atoms. The Bertz CT molecular complexity index is 967. The quantitative estimate of drug-likeness (QED) is 0.652. The number of rotatable bonds is 9. The number of benzene rings is 2. The summed E-state index contributed by atoms with van der Waals surface area (Å²) in [6.07, 6.45) is 1.82. The van der Waals surface area contributed by atoms with Crippen LogP contribution in [0.5, 0.6) is 5.75 Å². The van der Waals surface area contributed by atoms with Gasteiger partial charge in [-0.1, -0.05) is 12.1 Å². The lowest BCUT2D eigenvalue weighted by Gasteiger charge is -2.13. The lowest BCUT2D eigenvalue weighted by Crippen LogP contribution is -2.25. The van der Waals surface area contributed by atoms with E-state index in [0.29, 0.717) is 23.6 Å². The van der Waals surface area contributed by atoms with E-state index < -0.39 is 10.0 Å². The van der Waals surface area contributed by atoms with Crippen LogP contribution in [0.4, 0.5) is 5.69 Å². The highest BCUT2D eigenvalue weighted by molar-refractivity contribution is 7.89. The first kappa shape index (κ1) is 21.3. The van der Waals surface area contributed by atoms with Crippen LogP contribution in [0.2, 0.25) is 0 Å². The number of methoxy groups -OCH3 is 1. The minimum atomic E-state index is -3.63. The molecule has 2 N–H and O–H groups in total. The largest absolute Gasteiger partial charge is 0.495 e. The molecule has 1 aliphatic carbocycles. The average molecular weight is 419 g/mol. The summed E-state index contributed by atoms with van der Waals surface area (Å²) >= 11 is 0. The van der Waals surface area contributed by atoms with Gasteiger partial charge in [-0.2, -0.15) is 0 Å². The molecule has 3 rings (SSSR count). The molecular weight excluding hydrogens is 392 g/mol. The summed E-state index contributed by atoms with van der Waals surface area (Å²) in [6.45, 7) is 4.40. The van der Waals surface area contributed by atoms with Gasteiger partial charge in [0.2, 0.25) is 10.0 Å². The van der Waals surface area contributed by atoms with Crippen LogP contribution in [0, 0.1) is 0 Å². The van der Waals surface area contributed by atoms with Crippen molar-refractivity contribution in [2.75, 3.05) is 12.4 Å². The summed E-state index contributed by atoms with van der Waals surface area (Å²) < 4.78 is 38.4. The minimum absolute atomic E-state index is 0.00154. The SMILES string of the molecule is COc1ccc(S(=O)(=O)NC2CC2)cc1NC(=O)c1ccc(COC(C)C)cc1. The van der Waals surface area contributed by atoms with Crippen molar-refractivity contribution in [3.05, 3.63) is 53.6 Å². The molecule has 8 heteroatoms. The number of hydrogen-bond donors (Lipinski definition) is 2. The van der Waals surface area contributed by atoms with Crippen molar-refractivity contribution in [3.8, 4) is 5.75 Å². The Morgan fingerprint density at radius 1 is 1.14 bits per heavy atom. The average Bonchev–Trinajstić information content (AvgIpc) is 3.50. The van der Waals surface area contributed by atoms with Crippen molar-refractivity contribution in [3.63, 3.8) is 0 Å². The number of ether oxygens (including phenoxy) is 2. The van der Waals surface area contributed by atoms with Crippen molar-refractivity contribution in [1.82, 2.24) is 4.72 Å². The van der Waals surface area contributed by atoms with Gasteiger partial charge in [0, 0.05) is 11.6 Å². The predicted molar refractivity (Wildman–Crippen MR) is 111 cm³/mol. The summed E-state index contributed by atoms with van der Waals surface area (Å²) in [6, 6.07) is 11.5. The van der Waals surface area contributed by atoms with Gasteiger partial charge < -0.3 is 14.8 Å². The molecular formula is C21H26N2O5S. The Labute approximate surface area is 171 Å². The molecule has 1 saturated carbocycles. The highest BCUT2D eigenvalue weighted by Crippen LogP contribution is 2.29. The maximum absolute atomic E-state index is 12.6. The maximum Gasteiger partial charge on any atom is 0.255 e. The van der Waals surface area contributed by atoms with Crippen molar-refractivity contribution in [2.45, 2.75) is 50.3 Å². The number of hydrogen-bond acceptors (Lipinski definition) is 5. The molecule has 2 aromatic carbocycles. The minimum Gasteiger partial charge on any atom is -0.495 e. The molecule has 0 radical (unpaired) electrons. The molecule has 0 atom stereocenters. The fraction of sp³-hybridized carbons (Fsp3) is 0.381. The second kappa shape index (κ2) is 8.94. The van der Waals surface area contributed by atoms with Crippen molar-refractivity contribution >= 4 is 21.6 Å². The zero-order valence-corrected chi connectivity index (χ0v) is 17.6. The van der Waals surface area contributed by atoms with Crippen LogP contribution in [0.1, 0.15) is 42.6 Å². The lowest BCUT2D eigenvalue weighted by molar-refractivity contribution is 0.0657. The van der Waals surface area contributed by atoms with Crippen molar-refractivity contribution in [1.29, 1.82) is 0 Å². The molecule has 0 bridgehead atoms. The van der Waals surface area contributed by atoms with E-state index in [9.17, 15) is 13.2 Å². The van der Waals surface area contributed by atoms with E-state index in [1.807, 2.05) is 26.0 Å². The summed E-state index contributed by atoms with van der Waals surface area (Å²) in [5, 5.41) is 2.74. The molecule has 1 aliphatic rings. The van der Waals surface area contributed by atoms with E-state index in [2.05, 4.69) is 10.0 Å². The molecule has 0 unspecified atom stereocenters. The predicted octanol–water partition coefficient (Wildman–Crippen LogP) is 3.31. The Morgan fingerprint density at radius 3 is 2.41 bits per heavy atom. The second-order valence-corrected chi connectivity index (χ2v) is 8.98. The number of anilines is 1. The lowest BCUT2D eigenvalue weighted by atomic mass is 10.1. The van der Waals surface area contributed by atoms with Gasteiger partial charge in [0.15, 0.2) is 0 Å². The number of sulfonamides is 1. The van der Waals surface area contributed by atoms with E-state index in [-0.39, 0.29) is 22.9 Å². The molecule has 0 aliphatic heterocycles. The van der Waals surface area contributed by atoms with E-state index in [0.717, 1.165) is 18.4 Å². The van der Waals surface area contributed by atoms with Gasteiger partial charge in [0.1, 0.15) is 5.75 Å². The second-order valence-electron chi connectivity index (χ2n) is 7.27. The van der Waals surface area contributed by atoms with Gasteiger partial charge in [0.25, 0.3) is 5.91 Å². The molecule has 0 spiro atoms. The first-order valence-corrected chi connectivity index (χ1v) is 11.0. The van der Waals surface area contributed by atoms with Crippen LogP contribution < -0.4 is 14.8 Å². The van der Waals surface area contributed by atoms with Crippen LogP contribution in [0.3, 0.4) is 0 Å². The van der Waals surface area contributed by atoms with Crippen LogP contribution in [0.15, 0.2) is 47.4 Å². The molecule has 0 saturated heterocycles. The van der Waals surface area contributed by atoms with E-state index in [1.54, 1.807) is 12.1 Å². The molecule has 1 amide bonds. The van der Waals surface area contributed by atoms with Crippen LogP contribution in [0.25, 0.3) is 0 Å². The topological polar surface area (TPSA) is 93.7 Å². The van der Waals surface area contributed by atoms with Gasteiger partial charge in [-0.15, -0.1) is 0 Å². The van der Waals surface area contributed by atoms with Crippen LogP contribution in [-0.4, -0.2) is 33.6 Å². The third-order valence-corrected chi connectivity index (χ3v) is 5.95. The number of amides is 1.